The highest BCUT2D eigenvalue weighted by atomic mass is 19.4. The highest BCUT2D eigenvalue weighted by Gasteiger charge is 2.30. The summed E-state index contributed by atoms with van der Waals surface area (Å²) in [7, 11) is 0. The molecule has 1 unspecified atom stereocenters. The highest BCUT2D eigenvalue weighted by molar-refractivity contribution is 5.79. The molecule has 0 saturated heterocycles. The largest absolute Gasteiger partial charge is 0.416 e. The molecular weight excluding hydrogens is 360 g/mol. The molecule has 0 aliphatic rings. The Balaban J connectivity index is 2.04. The molecule has 1 N–H and O–H groups in total. The van der Waals surface area contributed by atoms with Crippen molar-refractivity contribution in [3.63, 3.8) is 0 Å². The van der Waals surface area contributed by atoms with E-state index in [1.807, 2.05) is 6.07 Å². The number of alkyl halides is 6. The van der Waals surface area contributed by atoms with Crippen molar-refractivity contribution in [2.45, 2.75) is 18.4 Å². The summed E-state index contributed by atoms with van der Waals surface area (Å²) in [4.78, 5) is 0. The molecule has 2 aromatic carbocycles. The van der Waals surface area contributed by atoms with Gasteiger partial charge in [-0.2, -0.15) is 36.7 Å². The van der Waals surface area contributed by atoms with Gasteiger partial charge in [-0.05, 0) is 35.4 Å². The van der Waals surface area contributed by atoms with Crippen LogP contribution in [0.4, 0.5) is 26.3 Å². The quantitative estimate of drug-likeness (QED) is 0.472. The lowest BCUT2D eigenvalue weighted by Gasteiger charge is -2.11. The second-order valence-electron chi connectivity index (χ2n) is 5.19. The van der Waals surface area contributed by atoms with Gasteiger partial charge in [-0.1, -0.05) is 24.3 Å². The van der Waals surface area contributed by atoms with Gasteiger partial charge >= 0.3 is 12.4 Å². The highest BCUT2D eigenvalue weighted by Crippen LogP contribution is 2.30. The first kappa shape index (κ1) is 19.3. The van der Waals surface area contributed by atoms with E-state index in [4.69, 9.17) is 5.26 Å². The number of halogens is 6. The van der Waals surface area contributed by atoms with Crippen LogP contribution < -0.4 is 5.43 Å². The van der Waals surface area contributed by atoms with Crippen molar-refractivity contribution in [3.8, 4) is 6.07 Å². The van der Waals surface area contributed by atoms with Crippen LogP contribution in [0.5, 0.6) is 0 Å². The molecule has 0 amide bonds. The van der Waals surface area contributed by atoms with Crippen LogP contribution in [0.3, 0.4) is 0 Å². The first-order valence-electron chi connectivity index (χ1n) is 7.14. The Morgan fingerprint density at radius 1 is 0.846 bits per heavy atom. The van der Waals surface area contributed by atoms with Crippen molar-refractivity contribution in [2.75, 3.05) is 0 Å². The summed E-state index contributed by atoms with van der Waals surface area (Å²) in [5.74, 6) is 0. The lowest BCUT2D eigenvalue weighted by molar-refractivity contribution is -0.138. The van der Waals surface area contributed by atoms with Crippen molar-refractivity contribution in [3.05, 3.63) is 70.8 Å². The minimum absolute atomic E-state index is 0.269. The summed E-state index contributed by atoms with van der Waals surface area (Å²) in [5.41, 5.74) is 1.42. The summed E-state index contributed by atoms with van der Waals surface area (Å²) >= 11 is 0. The van der Waals surface area contributed by atoms with E-state index in [9.17, 15) is 26.3 Å². The Labute approximate surface area is 144 Å². The van der Waals surface area contributed by atoms with Gasteiger partial charge in [-0.15, -0.1) is 0 Å². The third-order valence-electron chi connectivity index (χ3n) is 3.36. The Morgan fingerprint density at radius 2 is 1.31 bits per heavy atom. The first-order valence-corrected chi connectivity index (χ1v) is 7.14. The molecule has 136 valence electrons. The average Bonchev–Trinajstić information content (AvgIpc) is 2.58. The molecule has 0 aromatic heterocycles. The number of nitriles is 1. The van der Waals surface area contributed by atoms with Gasteiger partial charge in [-0.25, -0.2) is 0 Å². The van der Waals surface area contributed by atoms with E-state index >= 15 is 0 Å². The zero-order chi connectivity index (χ0) is 19.4. The number of nitrogens with one attached hydrogen (secondary N) is 1. The molecule has 0 spiro atoms. The molecule has 0 radical (unpaired) electrons. The molecule has 2 rings (SSSR count). The van der Waals surface area contributed by atoms with Gasteiger partial charge < -0.3 is 0 Å². The van der Waals surface area contributed by atoms with Crippen LogP contribution >= 0.6 is 0 Å². The molecular formula is C17H11F6N3. The fourth-order valence-electron chi connectivity index (χ4n) is 1.99. The second-order valence-corrected chi connectivity index (χ2v) is 5.19. The maximum absolute atomic E-state index is 12.5. The SMILES string of the molecule is N#CC(N/N=C/c1ccc(C(F)(F)F)cc1)c1ccc(C(F)(F)F)cc1. The molecule has 9 heteroatoms. The molecule has 26 heavy (non-hydrogen) atoms. The Morgan fingerprint density at radius 3 is 1.73 bits per heavy atom. The van der Waals surface area contributed by atoms with Crippen LogP contribution in [0.15, 0.2) is 53.6 Å². The maximum atomic E-state index is 12.5. The summed E-state index contributed by atoms with van der Waals surface area (Å²) < 4.78 is 74.9. The minimum atomic E-state index is -4.48. The van der Waals surface area contributed by atoms with Gasteiger partial charge in [0, 0.05) is 0 Å². The molecule has 0 bridgehead atoms. The normalized spacial score (nSPS) is 13.4. The van der Waals surface area contributed by atoms with Crippen molar-refractivity contribution < 1.29 is 26.3 Å². The summed E-state index contributed by atoms with van der Waals surface area (Å²) in [6.45, 7) is 0. The molecule has 1 atom stereocenters. The predicted molar refractivity (Wildman–Crippen MR) is 82.0 cm³/mol. The molecule has 3 nitrogen and oxygen atoms in total. The topological polar surface area (TPSA) is 48.2 Å². The van der Waals surface area contributed by atoms with Crippen molar-refractivity contribution >= 4 is 6.21 Å². The Hall–Kier alpha value is -3.02. The molecule has 0 fully saturated rings. The van der Waals surface area contributed by atoms with E-state index in [1.54, 1.807) is 0 Å². The number of hydrogen-bond donors (Lipinski definition) is 1. The van der Waals surface area contributed by atoms with Gasteiger partial charge in [0.05, 0.1) is 23.4 Å². The number of benzene rings is 2. The third-order valence-corrected chi connectivity index (χ3v) is 3.36. The van der Waals surface area contributed by atoms with E-state index in [0.29, 0.717) is 5.56 Å². The van der Waals surface area contributed by atoms with Crippen LogP contribution in [0.25, 0.3) is 0 Å². The average molecular weight is 371 g/mol. The van der Waals surface area contributed by atoms with Gasteiger partial charge in [0.25, 0.3) is 0 Å². The second kappa shape index (κ2) is 7.47. The van der Waals surface area contributed by atoms with Gasteiger partial charge in [0.2, 0.25) is 0 Å². The molecule has 0 saturated carbocycles. The zero-order valence-corrected chi connectivity index (χ0v) is 12.9. The number of hydrogen-bond acceptors (Lipinski definition) is 3. The summed E-state index contributed by atoms with van der Waals surface area (Å²) in [5, 5.41) is 12.8. The predicted octanol–water partition coefficient (Wildman–Crippen LogP) is 4.91. The van der Waals surface area contributed by atoms with Crippen LogP contribution in [-0.2, 0) is 12.4 Å². The number of rotatable bonds is 4. The van der Waals surface area contributed by atoms with Crippen LogP contribution in [0, 0.1) is 11.3 Å². The number of nitrogens with zero attached hydrogens (tertiary/aromatic N) is 2. The van der Waals surface area contributed by atoms with Crippen LogP contribution in [-0.4, -0.2) is 6.21 Å². The molecule has 0 aliphatic heterocycles. The monoisotopic (exact) mass is 371 g/mol. The van der Waals surface area contributed by atoms with Crippen molar-refractivity contribution in [1.29, 1.82) is 5.26 Å². The van der Waals surface area contributed by atoms with Crippen LogP contribution in [0.1, 0.15) is 28.3 Å². The standard InChI is InChI=1S/C17H11F6N3/c18-16(19,20)13-5-1-11(2-6-13)10-25-26-15(9-24)12-3-7-14(8-4-12)17(21,22)23/h1-8,10,15,26H/b25-10+. The molecule has 2 aromatic rings. The first-order chi connectivity index (χ1) is 12.1. The van der Waals surface area contributed by atoms with Gasteiger partial charge in [0.1, 0.15) is 0 Å². The van der Waals surface area contributed by atoms with E-state index in [0.717, 1.165) is 36.4 Å². The van der Waals surface area contributed by atoms with Gasteiger partial charge in [-0.3, -0.25) is 5.43 Å². The fraction of sp³-hybridized carbons (Fsp3) is 0.176. The van der Waals surface area contributed by atoms with E-state index in [1.165, 1.54) is 18.3 Å². The third kappa shape index (κ3) is 4.99. The minimum Gasteiger partial charge on any atom is -0.288 e. The lowest BCUT2D eigenvalue weighted by atomic mass is 10.1. The smallest absolute Gasteiger partial charge is 0.288 e. The zero-order valence-electron chi connectivity index (χ0n) is 12.9. The summed E-state index contributed by atoms with van der Waals surface area (Å²) in [6.07, 6.45) is -7.72. The molecule has 0 aliphatic carbocycles. The van der Waals surface area contributed by atoms with E-state index in [-0.39, 0.29) is 5.56 Å². The molecule has 0 heterocycles. The Kier molecular flexibility index (Phi) is 5.55. The fourth-order valence-corrected chi connectivity index (χ4v) is 1.99. The lowest BCUT2D eigenvalue weighted by Crippen LogP contribution is -2.14. The van der Waals surface area contributed by atoms with E-state index in [2.05, 4.69) is 10.5 Å². The van der Waals surface area contributed by atoms with Crippen molar-refractivity contribution in [2.24, 2.45) is 5.10 Å². The maximum Gasteiger partial charge on any atom is 0.416 e. The Bertz CT molecular complexity index is 799. The van der Waals surface area contributed by atoms with E-state index < -0.39 is 29.5 Å². The van der Waals surface area contributed by atoms with Gasteiger partial charge in [0.15, 0.2) is 6.04 Å². The summed E-state index contributed by atoms with van der Waals surface area (Å²) in [6, 6.07) is 9.00. The van der Waals surface area contributed by atoms with Crippen LogP contribution in [0.2, 0.25) is 0 Å². The van der Waals surface area contributed by atoms with Crippen molar-refractivity contribution in [1.82, 2.24) is 5.43 Å². The number of hydrazone groups is 1.